The number of aromatic nitrogens is 2. The summed E-state index contributed by atoms with van der Waals surface area (Å²) in [5, 5.41) is 16.7. The molecule has 1 aliphatic rings. The van der Waals surface area contributed by atoms with E-state index in [1.54, 1.807) is 25.4 Å². The third-order valence-electron chi connectivity index (χ3n) is 6.77. The lowest BCUT2D eigenvalue weighted by atomic mass is 9.96. The zero-order valence-electron chi connectivity index (χ0n) is 21.6. The van der Waals surface area contributed by atoms with Crippen LogP contribution in [0.15, 0.2) is 72.9 Å². The van der Waals surface area contributed by atoms with Gasteiger partial charge in [0.25, 0.3) is 0 Å². The summed E-state index contributed by atoms with van der Waals surface area (Å²) in [6.45, 7) is 5.61. The highest BCUT2D eigenvalue weighted by molar-refractivity contribution is 7.80. The Hall–Kier alpha value is -4.37. The Bertz CT molecular complexity index is 1500. The number of anilines is 2. The predicted molar refractivity (Wildman–Crippen MR) is 152 cm³/mol. The fraction of sp³-hybridized carbons (Fsp3) is 0.207. The molecule has 0 spiro atoms. The molecule has 2 atom stereocenters. The molecule has 2 aromatic heterocycles. The first-order valence-electron chi connectivity index (χ1n) is 12.2. The lowest BCUT2D eigenvalue weighted by Gasteiger charge is -2.29. The number of nitrogens with one attached hydrogen (secondary N) is 2. The highest BCUT2D eigenvalue weighted by atomic mass is 32.1. The van der Waals surface area contributed by atoms with E-state index in [-0.39, 0.29) is 23.7 Å². The van der Waals surface area contributed by atoms with Crippen LogP contribution in [0.2, 0.25) is 0 Å². The quantitative estimate of drug-likeness (QED) is 0.292. The molecule has 4 aromatic rings. The summed E-state index contributed by atoms with van der Waals surface area (Å²) in [5.74, 6) is 0.589. The number of amides is 1. The normalized spacial score (nSPS) is 16.8. The fourth-order valence-electron chi connectivity index (χ4n) is 5.17. The van der Waals surface area contributed by atoms with Crippen molar-refractivity contribution in [1.82, 2.24) is 14.9 Å². The number of hydrogen-bond acceptors (Lipinski definition) is 5. The average Bonchev–Trinajstić information content (AvgIpc) is 3.39. The molecule has 0 aliphatic carbocycles. The Morgan fingerprint density at radius 3 is 2.47 bits per heavy atom. The van der Waals surface area contributed by atoms with E-state index in [9.17, 15) is 9.90 Å². The van der Waals surface area contributed by atoms with E-state index in [2.05, 4.69) is 45.0 Å². The molecule has 3 N–H and O–H groups in total. The van der Waals surface area contributed by atoms with Crippen LogP contribution in [0.5, 0.6) is 11.5 Å². The van der Waals surface area contributed by atoms with Crippen LogP contribution in [-0.2, 0) is 4.79 Å². The topological polar surface area (TPSA) is 91.7 Å². The van der Waals surface area contributed by atoms with Gasteiger partial charge in [-0.25, -0.2) is 0 Å². The second-order valence-electron chi connectivity index (χ2n) is 9.24. The second kappa shape index (κ2) is 10.2. The maximum absolute atomic E-state index is 11.9. The zero-order valence-corrected chi connectivity index (χ0v) is 22.4. The summed E-state index contributed by atoms with van der Waals surface area (Å²) in [4.78, 5) is 18.6. The second-order valence-corrected chi connectivity index (χ2v) is 9.63. The Morgan fingerprint density at radius 2 is 1.82 bits per heavy atom. The van der Waals surface area contributed by atoms with Crippen LogP contribution in [0.4, 0.5) is 11.4 Å². The van der Waals surface area contributed by atoms with Crippen molar-refractivity contribution in [1.29, 1.82) is 0 Å². The lowest BCUT2D eigenvalue weighted by molar-refractivity contribution is -0.114. The van der Waals surface area contributed by atoms with E-state index in [0.29, 0.717) is 16.5 Å². The highest BCUT2D eigenvalue weighted by Gasteiger charge is 2.42. The number of ether oxygens (including phenoxy) is 1. The smallest absolute Gasteiger partial charge is 0.221 e. The van der Waals surface area contributed by atoms with Gasteiger partial charge in [0, 0.05) is 35.9 Å². The first kappa shape index (κ1) is 25.3. The number of carbonyl (C=O) groups is 1. The fourth-order valence-corrected chi connectivity index (χ4v) is 5.51. The number of hydrogen-bond donors (Lipinski definition) is 3. The molecule has 2 unspecified atom stereocenters. The van der Waals surface area contributed by atoms with Crippen molar-refractivity contribution in [2.75, 3.05) is 17.3 Å². The number of aryl methyl sites for hydroxylation is 1. The number of nitrogens with zero attached hydrogens (tertiary/aromatic N) is 3. The maximum atomic E-state index is 11.9. The summed E-state index contributed by atoms with van der Waals surface area (Å²) in [5.41, 5.74) is 6.37. The van der Waals surface area contributed by atoms with Crippen LogP contribution in [0.25, 0.3) is 5.69 Å². The van der Waals surface area contributed by atoms with Gasteiger partial charge in [0.05, 0.1) is 30.6 Å². The first-order chi connectivity index (χ1) is 18.3. The molecule has 194 valence electrons. The van der Waals surface area contributed by atoms with Gasteiger partial charge in [-0.2, -0.15) is 0 Å². The van der Waals surface area contributed by atoms with Crippen molar-refractivity contribution in [3.63, 3.8) is 0 Å². The highest BCUT2D eigenvalue weighted by Crippen LogP contribution is 2.45. The summed E-state index contributed by atoms with van der Waals surface area (Å²) >= 11 is 5.89. The van der Waals surface area contributed by atoms with Gasteiger partial charge < -0.3 is 29.9 Å². The number of phenolic OH excluding ortho intramolecular Hbond substituents is 1. The number of pyridine rings is 1. The van der Waals surface area contributed by atoms with E-state index in [4.69, 9.17) is 17.0 Å². The lowest BCUT2D eigenvalue weighted by Crippen LogP contribution is -2.29. The predicted octanol–water partition coefficient (Wildman–Crippen LogP) is 5.34. The number of aromatic hydroxyl groups is 1. The molecule has 9 heteroatoms. The number of rotatable bonds is 6. The molecule has 2 aromatic carbocycles. The van der Waals surface area contributed by atoms with Crippen LogP contribution in [-0.4, -0.2) is 32.8 Å². The van der Waals surface area contributed by atoms with Crippen LogP contribution in [0.1, 0.15) is 41.7 Å². The van der Waals surface area contributed by atoms with Gasteiger partial charge in [-0.1, -0.05) is 6.07 Å². The summed E-state index contributed by atoms with van der Waals surface area (Å²) < 4.78 is 7.64. The van der Waals surface area contributed by atoms with Crippen molar-refractivity contribution >= 4 is 34.6 Å². The van der Waals surface area contributed by atoms with Crippen molar-refractivity contribution in [3.05, 3.63) is 95.6 Å². The standard InChI is InChI=1S/C29H29N5O3S/c1-17-15-23(18(2)33(17)20-8-11-22(36)12-9-20)28-27(24-7-5-6-14-30-24)32-29(38)34(28)21-10-13-26(37-4)25(16-21)31-19(3)35/h5-16,27-28,36H,1-4H3,(H,31,35)(H,32,38). The van der Waals surface area contributed by atoms with Crippen molar-refractivity contribution in [2.45, 2.75) is 32.9 Å². The van der Waals surface area contributed by atoms with E-state index in [1.165, 1.54) is 6.92 Å². The Morgan fingerprint density at radius 1 is 1.08 bits per heavy atom. The Kier molecular flexibility index (Phi) is 6.77. The van der Waals surface area contributed by atoms with Gasteiger partial charge in [0.1, 0.15) is 11.5 Å². The Labute approximate surface area is 226 Å². The third-order valence-corrected chi connectivity index (χ3v) is 7.08. The number of methoxy groups -OCH3 is 1. The van der Waals surface area contributed by atoms with Crippen LogP contribution in [0, 0.1) is 13.8 Å². The van der Waals surface area contributed by atoms with Crippen LogP contribution < -0.4 is 20.3 Å². The molecule has 1 aliphatic heterocycles. The maximum Gasteiger partial charge on any atom is 0.221 e. The van der Waals surface area contributed by atoms with Gasteiger partial charge in [-0.05, 0) is 92.3 Å². The molecular weight excluding hydrogens is 498 g/mol. The average molecular weight is 528 g/mol. The van der Waals surface area contributed by atoms with Crippen molar-refractivity contribution in [3.8, 4) is 17.2 Å². The summed E-state index contributed by atoms with van der Waals surface area (Å²) in [7, 11) is 1.57. The Balaban J connectivity index is 1.67. The van der Waals surface area contributed by atoms with E-state index >= 15 is 0 Å². The van der Waals surface area contributed by atoms with E-state index in [0.717, 1.165) is 34.0 Å². The number of benzene rings is 2. The summed E-state index contributed by atoms with van der Waals surface area (Å²) in [6.07, 6.45) is 1.78. The molecule has 8 nitrogen and oxygen atoms in total. The van der Waals surface area contributed by atoms with Gasteiger partial charge in [-0.3, -0.25) is 9.78 Å². The number of phenols is 1. The van der Waals surface area contributed by atoms with Crippen LogP contribution in [0.3, 0.4) is 0 Å². The third kappa shape index (κ3) is 4.56. The molecule has 0 bridgehead atoms. The minimum atomic E-state index is -0.229. The van der Waals surface area contributed by atoms with Gasteiger partial charge >= 0.3 is 0 Å². The minimum absolute atomic E-state index is 0.192. The minimum Gasteiger partial charge on any atom is -0.508 e. The number of carbonyl (C=O) groups excluding carboxylic acids is 1. The molecular formula is C29H29N5O3S. The molecule has 3 heterocycles. The molecule has 1 saturated heterocycles. The van der Waals surface area contributed by atoms with E-state index < -0.39 is 0 Å². The molecule has 5 rings (SSSR count). The molecule has 0 saturated carbocycles. The van der Waals surface area contributed by atoms with E-state index in [1.807, 2.05) is 48.5 Å². The van der Waals surface area contributed by atoms with Crippen LogP contribution >= 0.6 is 12.2 Å². The SMILES string of the molecule is COc1ccc(N2C(=S)NC(c3ccccn3)C2c2cc(C)n(-c3ccc(O)cc3)c2C)cc1NC(C)=O. The van der Waals surface area contributed by atoms with Gasteiger partial charge in [0.15, 0.2) is 5.11 Å². The van der Waals surface area contributed by atoms with Gasteiger partial charge in [-0.15, -0.1) is 0 Å². The molecule has 0 radical (unpaired) electrons. The summed E-state index contributed by atoms with van der Waals surface area (Å²) in [6, 6.07) is 20.4. The van der Waals surface area contributed by atoms with Crippen molar-refractivity contribution < 1.29 is 14.6 Å². The molecule has 1 fully saturated rings. The largest absolute Gasteiger partial charge is 0.508 e. The zero-order chi connectivity index (χ0) is 27.0. The van der Waals surface area contributed by atoms with Crippen molar-refractivity contribution in [2.24, 2.45) is 0 Å². The molecule has 38 heavy (non-hydrogen) atoms. The molecule has 1 amide bonds. The monoisotopic (exact) mass is 527 g/mol. The first-order valence-corrected chi connectivity index (χ1v) is 12.6. The number of thiocarbonyl (C=S) groups is 1. The van der Waals surface area contributed by atoms with Gasteiger partial charge in [0.2, 0.25) is 5.91 Å².